The Bertz CT molecular complexity index is 958. The first-order valence-electron chi connectivity index (χ1n) is 7.57. The zero-order valence-electron chi connectivity index (χ0n) is 13.0. The third kappa shape index (κ3) is 2.50. The molecule has 3 aromatic rings. The number of nitrogens with zero attached hydrogens (tertiary/aromatic N) is 3. The van der Waals surface area contributed by atoms with Crippen molar-refractivity contribution in [2.24, 2.45) is 0 Å². The Morgan fingerprint density at radius 3 is 2.84 bits per heavy atom. The first kappa shape index (κ1) is 16.1. The van der Waals surface area contributed by atoms with Gasteiger partial charge in [0.1, 0.15) is 11.4 Å². The highest BCUT2D eigenvalue weighted by Gasteiger charge is 2.39. The van der Waals surface area contributed by atoms with Crippen LogP contribution in [0.3, 0.4) is 0 Å². The zero-order chi connectivity index (χ0) is 17.8. The molecule has 9 heteroatoms. The summed E-state index contributed by atoms with van der Waals surface area (Å²) in [5.74, 6) is -1.31. The minimum Gasteiger partial charge on any atom is -0.362 e. The molecule has 4 rings (SSSR count). The van der Waals surface area contributed by atoms with Crippen LogP contribution in [0.25, 0.3) is 16.3 Å². The Kier molecular flexibility index (Phi) is 3.57. The molecule has 25 heavy (non-hydrogen) atoms. The van der Waals surface area contributed by atoms with Crippen molar-refractivity contribution in [2.75, 3.05) is 11.9 Å². The lowest BCUT2D eigenvalue weighted by molar-refractivity contribution is -0.139. The van der Waals surface area contributed by atoms with Gasteiger partial charge in [-0.3, -0.25) is 0 Å². The van der Waals surface area contributed by atoms with Crippen LogP contribution in [0, 0.1) is 5.82 Å². The fraction of sp³-hybridized carbons (Fsp3) is 0.250. The molecule has 0 bridgehead atoms. The number of fused-ring (bicyclic) bond motifs is 3. The molecule has 0 unspecified atom stereocenters. The van der Waals surface area contributed by atoms with Gasteiger partial charge in [0.15, 0.2) is 5.13 Å². The Hall–Kier alpha value is -2.42. The van der Waals surface area contributed by atoms with Gasteiger partial charge in [-0.2, -0.15) is 18.3 Å². The van der Waals surface area contributed by atoms with Crippen LogP contribution in [0.4, 0.5) is 22.7 Å². The Balaban J connectivity index is 1.90. The third-order valence-corrected chi connectivity index (χ3v) is 5.01. The summed E-state index contributed by atoms with van der Waals surface area (Å²) in [5.41, 5.74) is 0.500. The molecule has 1 N–H and O–H groups in total. The van der Waals surface area contributed by atoms with Gasteiger partial charge in [0.2, 0.25) is 0 Å². The normalized spacial score (nSPS) is 13.0. The molecule has 1 aromatic carbocycles. The predicted molar refractivity (Wildman–Crippen MR) is 86.6 cm³/mol. The number of aromatic nitrogens is 3. The number of thiazole rings is 1. The van der Waals surface area contributed by atoms with E-state index < -0.39 is 17.6 Å². The molecule has 4 nitrogen and oxygen atoms in total. The Morgan fingerprint density at radius 1 is 1.32 bits per heavy atom. The third-order valence-electron chi connectivity index (χ3n) is 3.95. The summed E-state index contributed by atoms with van der Waals surface area (Å²) in [4.78, 5) is 5.23. The van der Waals surface area contributed by atoms with E-state index in [4.69, 9.17) is 0 Å². The van der Waals surface area contributed by atoms with Crippen molar-refractivity contribution in [1.29, 1.82) is 0 Å². The average molecular weight is 368 g/mol. The SMILES string of the molecule is CCNc1nc2c(s1)-c1c(cnn1-c1cccc(F)c1C(F)(F)F)C2. The zero-order valence-corrected chi connectivity index (χ0v) is 13.8. The van der Waals surface area contributed by atoms with Crippen LogP contribution in [0.2, 0.25) is 0 Å². The van der Waals surface area contributed by atoms with Crippen molar-refractivity contribution < 1.29 is 17.6 Å². The number of hydrogen-bond acceptors (Lipinski definition) is 4. The van der Waals surface area contributed by atoms with E-state index in [-0.39, 0.29) is 5.69 Å². The van der Waals surface area contributed by atoms with Gasteiger partial charge in [-0.1, -0.05) is 17.4 Å². The molecule has 0 aliphatic heterocycles. The fourth-order valence-corrected chi connectivity index (χ4v) is 4.09. The lowest BCUT2D eigenvalue weighted by atomic mass is 10.1. The minimum absolute atomic E-state index is 0.319. The molecule has 0 spiro atoms. The second kappa shape index (κ2) is 5.55. The van der Waals surface area contributed by atoms with Gasteiger partial charge in [-0.05, 0) is 19.1 Å². The summed E-state index contributed by atoms with van der Waals surface area (Å²) in [6.07, 6.45) is -2.80. The maximum absolute atomic E-state index is 13.9. The topological polar surface area (TPSA) is 42.7 Å². The number of benzene rings is 1. The molecular weight excluding hydrogens is 356 g/mol. The van der Waals surface area contributed by atoms with Crippen molar-refractivity contribution in [3.8, 4) is 16.3 Å². The smallest absolute Gasteiger partial charge is 0.362 e. The number of anilines is 1. The molecule has 0 amide bonds. The first-order chi connectivity index (χ1) is 11.9. The van der Waals surface area contributed by atoms with E-state index in [1.165, 1.54) is 34.3 Å². The van der Waals surface area contributed by atoms with Gasteiger partial charge in [-0.15, -0.1) is 0 Å². The molecule has 1 aliphatic carbocycles. The highest BCUT2D eigenvalue weighted by atomic mass is 32.1. The predicted octanol–water partition coefficient (Wildman–Crippen LogP) is 4.49. The average Bonchev–Trinajstić information content (AvgIpc) is 3.16. The largest absolute Gasteiger partial charge is 0.421 e. The van der Waals surface area contributed by atoms with E-state index in [0.717, 1.165) is 22.2 Å². The second-order valence-electron chi connectivity index (χ2n) is 5.56. The Labute approximate surface area is 144 Å². The summed E-state index contributed by atoms with van der Waals surface area (Å²) in [6, 6.07) is 3.28. The van der Waals surface area contributed by atoms with Crippen molar-refractivity contribution in [3.63, 3.8) is 0 Å². The van der Waals surface area contributed by atoms with E-state index >= 15 is 0 Å². The van der Waals surface area contributed by atoms with Crippen molar-refractivity contribution in [1.82, 2.24) is 14.8 Å². The van der Waals surface area contributed by atoms with Crippen molar-refractivity contribution in [2.45, 2.75) is 19.5 Å². The van der Waals surface area contributed by atoms with Crippen LogP contribution in [0.5, 0.6) is 0 Å². The maximum Gasteiger partial charge on any atom is 0.421 e. The van der Waals surface area contributed by atoms with Crippen LogP contribution < -0.4 is 5.32 Å². The number of alkyl halides is 3. The molecule has 0 saturated heterocycles. The summed E-state index contributed by atoms with van der Waals surface area (Å²) in [7, 11) is 0. The lowest BCUT2D eigenvalue weighted by Gasteiger charge is -2.15. The molecule has 1 aliphatic rings. The molecule has 2 aromatic heterocycles. The molecule has 0 atom stereocenters. The quantitative estimate of drug-likeness (QED) is 0.542. The summed E-state index contributed by atoms with van der Waals surface area (Å²) < 4.78 is 55.1. The molecule has 0 radical (unpaired) electrons. The van der Waals surface area contributed by atoms with Crippen LogP contribution in [0.1, 0.15) is 23.7 Å². The van der Waals surface area contributed by atoms with Crippen LogP contribution in [0.15, 0.2) is 24.4 Å². The monoisotopic (exact) mass is 368 g/mol. The summed E-state index contributed by atoms with van der Waals surface area (Å²) in [6.45, 7) is 2.63. The van der Waals surface area contributed by atoms with E-state index in [9.17, 15) is 17.6 Å². The highest BCUT2D eigenvalue weighted by Crippen LogP contribution is 2.44. The van der Waals surface area contributed by atoms with Crippen LogP contribution in [-0.4, -0.2) is 21.3 Å². The van der Waals surface area contributed by atoms with Crippen LogP contribution >= 0.6 is 11.3 Å². The van der Waals surface area contributed by atoms with E-state index in [2.05, 4.69) is 15.4 Å². The summed E-state index contributed by atoms with van der Waals surface area (Å²) in [5, 5.41) is 7.90. The molecular formula is C16H12F4N4S. The number of nitrogens with one attached hydrogen (secondary N) is 1. The van der Waals surface area contributed by atoms with Crippen molar-refractivity contribution >= 4 is 16.5 Å². The standard InChI is InChI=1S/C16H12F4N4S/c1-2-21-15-23-10-6-8-7-22-24(13(8)14(10)25-15)11-5-3-4-9(17)12(11)16(18,19)20/h3-5,7H,2,6H2,1H3,(H,21,23). The van der Waals surface area contributed by atoms with Crippen LogP contribution in [-0.2, 0) is 12.6 Å². The number of rotatable bonds is 3. The van der Waals surface area contributed by atoms with Gasteiger partial charge < -0.3 is 5.32 Å². The maximum atomic E-state index is 13.9. The second-order valence-corrected chi connectivity index (χ2v) is 6.56. The molecule has 2 heterocycles. The summed E-state index contributed by atoms with van der Waals surface area (Å²) >= 11 is 1.36. The fourth-order valence-electron chi connectivity index (χ4n) is 2.97. The Morgan fingerprint density at radius 2 is 2.12 bits per heavy atom. The number of hydrogen-bond donors (Lipinski definition) is 1. The van der Waals surface area contributed by atoms with Gasteiger partial charge in [0, 0.05) is 18.5 Å². The lowest BCUT2D eigenvalue weighted by Crippen LogP contribution is -2.14. The van der Waals surface area contributed by atoms with E-state index in [0.29, 0.717) is 23.8 Å². The van der Waals surface area contributed by atoms with Gasteiger partial charge >= 0.3 is 6.18 Å². The molecule has 0 fully saturated rings. The molecule has 0 saturated carbocycles. The van der Waals surface area contributed by atoms with Gasteiger partial charge in [0.05, 0.1) is 28.1 Å². The number of halogens is 4. The van der Waals surface area contributed by atoms with Gasteiger partial charge in [-0.25, -0.2) is 14.1 Å². The first-order valence-corrected chi connectivity index (χ1v) is 8.38. The minimum atomic E-state index is -4.82. The molecule has 130 valence electrons. The van der Waals surface area contributed by atoms with Gasteiger partial charge in [0.25, 0.3) is 0 Å². The van der Waals surface area contributed by atoms with Crippen molar-refractivity contribution in [3.05, 3.63) is 47.0 Å². The highest BCUT2D eigenvalue weighted by molar-refractivity contribution is 7.19. The van der Waals surface area contributed by atoms with E-state index in [1.807, 2.05) is 6.92 Å². The van der Waals surface area contributed by atoms with E-state index in [1.54, 1.807) is 0 Å².